The first-order valence-electron chi connectivity index (χ1n) is 9.02. The van der Waals surface area contributed by atoms with Gasteiger partial charge in [0, 0.05) is 43.0 Å². The van der Waals surface area contributed by atoms with Crippen molar-refractivity contribution in [1.82, 2.24) is 4.90 Å². The summed E-state index contributed by atoms with van der Waals surface area (Å²) < 4.78 is 38.7. The summed E-state index contributed by atoms with van der Waals surface area (Å²) in [4.78, 5) is 26.4. The van der Waals surface area contributed by atoms with Crippen LogP contribution < -0.4 is 10.2 Å². The van der Waals surface area contributed by atoms with E-state index in [1.807, 2.05) is 9.80 Å². The minimum absolute atomic E-state index is 0.0101. The SMILES string of the molecule is O=C(CN1CCN(c2cccc(C(F)(F)F)c2)CC1)Nc1ccc(Cl)cc1[N+](=O)[O-]. The highest BCUT2D eigenvalue weighted by Gasteiger charge is 2.31. The molecule has 1 aliphatic rings. The van der Waals surface area contributed by atoms with E-state index in [4.69, 9.17) is 11.6 Å². The predicted molar refractivity (Wildman–Crippen MR) is 107 cm³/mol. The quantitative estimate of drug-likeness (QED) is 0.558. The Labute approximate surface area is 175 Å². The van der Waals surface area contributed by atoms with Crippen LogP contribution in [-0.4, -0.2) is 48.5 Å². The third-order valence-electron chi connectivity index (χ3n) is 4.71. The number of piperazine rings is 1. The summed E-state index contributed by atoms with van der Waals surface area (Å²) in [5, 5.41) is 13.8. The summed E-state index contributed by atoms with van der Waals surface area (Å²) in [6.07, 6.45) is -4.40. The summed E-state index contributed by atoms with van der Waals surface area (Å²) in [6.45, 7) is 1.85. The van der Waals surface area contributed by atoms with Crippen molar-refractivity contribution in [3.63, 3.8) is 0 Å². The Kier molecular flexibility index (Phi) is 6.47. The molecule has 1 N–H and O–H groups in total. The molecular weight excluding hydrogens is 425 g/mol. The third-order valence-corrected chi connectivity index (χ3v) is 4.94. The molecule has 3 rings (SSSR count). The van der Waals surface area contributed by atoms with Crippen molar-refractivity contribution in [3.8, 4) is 0 Å². The Morgan fingerprint density at radius 1 is 1.13 bits per heavy atom. The van der Waals surface area contributed by atoms with Crippen LogP contribution in [0.15, 0.2) is 42.5 Å². The Balaban J connectivity index is 1.56. The highest BCUT2D eigenvalue weighted by molar-refractivity contribution is 6.31. The summed E-state index contributed by atoms with van der Waals surface area (Å²) >= 11 is 5.76. The molecule has 0 bridgehead atoms. The minimum Gasteiger partial charge on any atom is -0.369 e. The molecule has 1 fully saturated rings. The number of rotatable bonds is 5. The van der Waals surface area contributed by atoms with Crippen LogP contribution in [0.4, 0.5) is 30.2 Å². The maximum Gasteiger partial charge on any atom is 0.416 e. The molecule has 1 aliphatic heterocycles. The van der Waals surface area contributed by atoms with Crippen LogP contribution in [0.1, 0.15) is 5.56 Å². The van der Waals surface area contributed by atoms with Crippen LogP contribution in [0.2, 0.25) is 5.02 Å². The van der Waals surface area contributed by atoms with Crippen molar-refractivity contribution in [2.75, 3.05) is 42.9 Å². The zero-order valence-electron chi connectivity index (χ0n) is 15.7. The first-order chi connectivity index (χ1) is 14.1. The monoisotopic (exact) mass is 442 g/mol. The van der Waals surface area contributed by atoms with Gasteiger partial charge in [-0.1, -0.05) is 17.7 Å². The van der Waals surface area contributed by atoms with Gasteiger partial charge in [-0.2, -0.15) is 13.2 Å². The van der Waals surface area contributed by atoms with Crippen molar-refractivity contribution >= 4 is 34.6 Å². The predicted octanol–water partition coefficient (Wildman–Crippen LogP) is 4.03. The molecule has 0 radical (unpaired) electrons. The Hall–Kier alpha value is -2.85. The number of carbonyl (C=O) groups excluding carboxylic acids is 1. The van der Waals surface area contributed by atoms with E-state index in [-0.39, 0.29) is 22.9 Å². The molecule has 0 saturated carbocycles. The smallest absolute Gasteiger partial charge is 0.369 e. The van der Waals surface area contributed by atoms with Crippen LogP contribution in [0.5, 0.6) is 0 Å². The summed E-state index contributed by atoms with van der Waals surface area (Å²) in [6, 6.07) is 9.10. The van der Waals surface area contributed by atoms with Gasteiger partial charge in [0.1, 0.15) is 5.69 Å². The van der Waals surface area contributed by atoms with Crippen LogP contribution in [0, 0.1) is 10.1 Å². The first-order valence-corrected chi connectivity index (χ1v) is 9.39. The van der Waals surface area contributed by atoms with E-state index in [0.29, 0.717) is 31.9 Å². The van der Waals surface area contributed by atoms with Crippen LogP contribution in [0.3, 0.4) is 0 Å². The first kappa shape index (κ1) is 21.8. The zero-order chi connectivity index (χ0) is 21.9. The summed E-state index contributed by atoms with van der Waals surface area (Å²) in [7, 11) is 0. The summed E-state index contributed by atoms with van der Waals surface area (Å²) in [5.74, 6) is -0.423. The van der Waals surface area contributed by atoms with Gasteiger partial charge in [0.05, 0.1) is 17.0 Å². The highest BCUT2D eigenvalue weighted by Crippen LogP contribution is 2.32. The number of halogens is 4. The Morgan fingerprint density at radius 2 is 1.83 bits per heavy atom. The van der Waals surface area contributed by atoms with Gasteiger partial charge >= 0.3 is 6.18 Å². The lowest BCUT2D eigenvalue weighted by atomic mass is 10.1. The number of hydrogen-bond donors (Lipinski definition) is 1. The minimum atomic E-state index is -4.40. The van der Waals surface area contributed by atoms with Gasteiger partial charge < -0.3 is 10.2 Å². The van der Waals surface area contributed by atoms with Crippen molar-refractivity contribution in [3.05, 3.63) is 63.2 Å². The fraction of sp³-hybridized carbons (Fsp3) is 0.316. The molecular formula is C19H18ClF3N4O3. The lowest BCUT2D eigenvalue weighted by Crippen LogP contribution is -2.48. The lowest BCUT2D eigenvalue weighted by molar-refractivity contribution is -0.383. The maximum absolute atomic E-state index is 12.9. The van der Waals surface area contributed by atoms with Gasteiger partial charge in [-0.25, -0.2) is 0 Å². The molecule has 160 valence electrons. The molecule has 2 aromatic rings. The van der Waals surface area contributed by atoms with Gasteiger partial charge in [-0.15, -0.1) is 0 Å². The molecule has 0 aliphatic carbocycles. The van der Waals surface area contributed by atoms with E-state index >= 15 is 0 Å². The van der Waals surface area contributed by atoms with Crippen molar-refractivity contribution < 1.29 is 22.9 Å². The molecule has 1 amide bonds. The van der Waals surface area contributed by atoms with Crippen LogP contribution >= 0.6 is 11.6 Å². The van der Waals surface area contributed by atoms with Gasteiger partial charge in [0.25, 0.3) is 5.69 Å². The van der Waals surface area contributed by atoms with E-state index in [1.165, 1.54) is 18.2 Å². The lowest BCUT2D eigenvalue weighted by Gasteiger charge is -2.36. The second-order valence-corrected chi connectivity index (χ2v) is 7.21. The molecule has 1 heterocycles. The van der Waals surface area contributed by atoms with Gasteiger partial charge in [-0.3, -0.25) is 19.8 Å². The topological polar surface area (TPSA) is 78.7 Å². The second kappa shape index (κ2) is 8.88. The number of nitrogens with zero attached hydrogens (tertiary/aromatic N) is 3. The van der Waals surface area contributed by atoms with E-state index in [0.717, 1.165) is 18.2 Å². The fourth-order valence-corrected chi connectivity index (χ4v) is 3.36. The molecule has 0 atom stereocenters. The van der Waals surface area contributed by atoms with Gasteiger partial charge in [0.2, 0.25) is 5.91 Å². The highest BCUT2D eigenvalue weighted by atomic mass is 35.5. The van der Waals surface area contributed by atoms with Crippen molar-refractivity contribution in [1.29, 1.82) is 0 Å². The van der Waals surface area contributed by atoms with E-state index in [1.54, 1.807) is 6.07 Å². The fourth-order valence-electron chi connectivity index (χ4n) is 3.20. The van der Waals surface area contributed by atoms with Crippen LogP contribution in [-0.2, 0) is 11.0 Å². The van der Waals surface area contributed by atoms with Crippen molar-refractivity contribution in [2.45, 2.75) is 6.18 Å². The van der Waals surface area contributed by atoms with Gasteiger partial charge in [0.15, 0.2) is 0 Å². The average Bonchev–Trinajstić information content (AvgIpc) is 2.69. The Bertz CT molecular complexity index is 947. The van der Waals surface area contributed by atoms with E-state index in [2.05, 4.69) is 5.32 Å². The molecule has 30 heavy (non-hydrogen) atoms. The normalized spacial score (nSPS) is 15.1. The standard InChI is InChI=1S/C19H18ClF3N4O3/c20-14-4-5-16(17(11-14)27(29)30)24-18(28)12-25-6-8-26(9-7-25)15-3-1-2-13(10-15)19(21,22)23/h1-5,10-11H,6-9,12H2,(H,24,28). The number of hydrogen-bond acceptors (Lipinski definition) is 5. The molecule has 2 aromatic carbocycles. The molecule has 11 heteroatoms. The number of amides is 1. The number of nitro groups is 1. The van der Waals surface area contributed by atoms with Crippen molar-refractivity contribution in [2.24, 2.45) is 0 Å². The third kappa shape index (κ3) is 5.39. The molecule has 0 aromatic heterocycles. The molecule has 0 spiro atoms. The number of anilines is 2. The zero-order valence-corrected chi connectivity index (χ0v) is 16.4. The summed E-state index contributed by atoms with van der Waals surface area (Å²) in [5.41, 5.74) is -0.473. The maximum atomic E-state index is 12.9. The number of carbonyl (C=O) groups is 1. The number of nitro benzene ring substituents is 1. The average molecular weight is 443 g/mol. The number of alkyl halides is 3. The number of nitrogens with one attached hydrogen (secondary N) is 1. The molecule has 7 nitrogen and oxygen atoms in total. The second-order valence-electron chi connectivity index (χ2n) is 6.78. The van der Waals surface area contributed by atoms with E-state index < -0.39 is 22.6 Å². The Morgan fingerprint density at radius 3 is 2.47 bits per heavy atom. The largest absolute Gasteiger partial charge is 0.416 e. The molecule has 0 unspecified atom stereocenters. The van der Waals surface area contributed by atoms with Crippen LogP contribution in [0.25, 0.3) is 0 Å². The van der Waals surface area contributed by atoms with E-state index in [9.17, 15) is 28.1 Å². The van der Waals surface area contributed by atoms with Gasteiger partial charge in [-0.05, 0) is 30.3 Å². The number of benzene rings is 2. The molecule has 1 saturated heterocycles.